The molecule has 0 bridgehead atoms. The van der Waals surface area contributed by atoms with Crippen LogP contribution in [0.25, 0.3) is 0 Å². The van der Waals surface area contributed by atoms with Gasteiger partial charge in [0, 0.05) is 6.42 Å². The lowest BCUT2D eigenvalue weighted by Crippen LogP contribution is -2.48. The topological polar surface area (TPSA) is 83.5 Å². The molecule has 0 aliphatic rings. The van der Waals surface area contributed by atoms with Crippen LogP contribution in [0.15, 0.2) is 24.3 Å². The van der Waals surface area contributed by atoms with E-state index in [9.17, 15) is 15.0 Å². The number of carbonyl (C=O) groups is 1. The summed E-state index contributed by atoms with van der Waals surface area (Å²) in [6, 6.07) is -0.872. The zero-order valence-electron chi connectivity index (χ0n) is 26.8. The Bertz CT molecular complexity index is 589. The second-order valence-electron chi connectivity index (χ2n) is 12.1. The first-order valence-corrected chi connectivity index (χ1v) is 17.5. The molecule has 0 aromatic rings. The monoisotopic (exact) mass is 564 g/mol. The Morgan fingerprint density at radius 1 is 0.575 bits per heavy atom. The molecule has 0 radical (unpaired) electrons. The maximum atomic E-state index is 12.4. The van der Waals surface area contributed by atoms with E-state index in [1.54, 1.807) is 0 Å². The van der Waals surface area contributed by atoms with Crippen LogP contribution in [0.4, 0.5) is 0 Å². The number of nitrogens with two attached hydrogens (primary N) is 1. The number of aliphatic hydroxyl groups excluding tert-OH is 2. The highest BCUT2D eigenvalue weighted by atomic mass is 16.3. The van der Waals surface area contributed by atoms with Gasteiger partial charge in [-0.2, -0.15) is 0 Å². The van der Waals surface area contributed by atoms with Gasteiger partial charge in [0.1, 0.15) is 6.10 Å². The van der Waals surface area contributed by atoms with E-state index < -0.39 is 18.2 Å². The molecule has 0 heterocycles. The van der Waals surface area contributed by atoms with Crippen LogP contribution >= 0.6 is 0 Å². The summed E-state index contributed by atoms with van der Waals surface area (Å²) in [7, 11) is 0. The van der Waals surface area contributed by atoms with Crippen molar-refractivity contribution >= 4 is 5.78 Å². The van der Waals surface area contributed by atoms with Crippen molar-refractivity contribution < 1.29 is 15.0 Å². The van der Waals surface area contributed by atoms with E-state index in [2.05, 4.69) is 38.2 Å². The van der Waals surface area contributed by atoms with E-state index in [-0.39, 0.29) is 5.78 Å². The molecule has 4 heteroatoms. The maximum absolute atomic E-state index is 12.4. The number of allylic oxidation sites excluding steroid dienone is 4. The van der Waals surface area contributed by atoms with Crippen molar-refractivity contribution in [2.75, 3.05) is 0 Å². The van der Waals surface area contributed by atoms with Crippen LogP contribution in [0.3, 0.4) is 0 Å². The number of hydrogen-bond acceptors (Lipinski definition) is 4. The quantitative estimate of drug-likeness (QED) is 0.0579. The highest BCUT2D eigenvalue weighted by Crippen LogP contribution is 2.15. The van der Waals surface area contributed by atoms with E-state index in [0.717, 1.165) is 44.9 Å². The van der Waals surface area contributed by atoms with Crippen molar-refractivity contribution in [1.82, 2.24) is 0 Å². The summed E-state index contributed by atoms with van der Waals surface area (Å²) in [5.41, 5.74) is 6.03. The van der Waals surface area contributed by atoms with E-state index in [4.69, 9.17) is 5.73 Å². The number of Topliss-reactive ketones (excluding diaryl/α,β-unsaturated/α-hetero) is 1. The standard InChI is InChI=1S/C36H69NO3/c1-3-5-7-9-11-13-15-17-18-20-22-24-26-28-30-32-34(39)36(40)35(37)33(38)31-29-27-25-23-21-19-16-14-12-10-8-6-4-2/h11,13,17-18,33,35-36,38,40H,3-10,12,14-16,19-32,37H2,1-2H3/b13-11-,18-17-/t33-,35+,36?/m1/s1. The van der Waals surface area contributed by atoms with E-state index in [1.807, 2.05) is 0 Å². The third-order valence-electron chi connectivity index (χ3n) is 8.12. The predicted octanol–water partition coefficient (Wildman–Crippen LogP) is 9.90. The van der Waals surface area contributed by atoms with Crippen LogP contribution < -0.4 is 5.73 Å². The number of rotatable bonds is 31. The van der Waals surface area contributed by atoms with Crippen molar-refractivity contribution in [2.24, 2.45) is 5.73 Å². The summed E-state index contributed by atoms with van der Waals surface area (Å²) in [4.78, 5) is 12.4. The predicted molar refractivity (Wildman–Crippen MR) is 175 cm³/mol. The molecule has 0 saturated heterocycles. The summed E-state index contributed by atoms with van der Waals surface area (Å²) >= 11 is 0. The molecular formula is C36H69NO3. The summed E-state index contributed by atoms with van der Waals surface area (Å²) in [6.45, 7) is 4.50. The summed E-state index contributed by atoms with van der Waals surface area (Å²) in [5, 5.41) is 20.7. The Morgan fingerprint density at radius 2 is 0.975 bits per heavy atom. The minimum atomic E-state index is -1.25. The first kappa shape index (κ1) is 39.0. The fourth-order valence-electron chi connectivity index (χ4n) is 5.25. The molecule has 4 N–H and O–H groups in total. The van der Waals surface area contributed by atoms with Crippen LogP contribution in [-0.4, -0.2) is 34.2 Å². The van der Waals surface area contributed by atoms with Crippen molar-refractivity contribution in [3.05, 3.63) is 24.3 Å². The summed E-state index contributed by atoms with van der Waals surface area (Å²) in [6.07, 6.45) is 37.2. The lowest BCUT2D eigenvalue weighted by Gasteiger charge is -2.23. The molecule has 0 spiro atoms. The van der Waals surface area contributed by atoms with Crippen molar-refractivity contribution in [2.45, 2.75) is 199 Å². The molecule has 0 aliphatic heterocycles. The van der Waals surface area contributed by atoms with Crippen LogP contribution in [0.2, 0.25) is 0 Å². The molecule has 0 saturated carbocycles. The molecule has 40 heavy (non-hydrogen) atoms. The molecule has 0 aromatic carbocycles. The van der Waals surface area contributed by atoms with Gasteiger partial charge in [-0.05, 0) is 44.9 Å². The fraction of sp³-hybridized carbons (Fsp3) is 0.861. The molecule has 0 amide bonds. The Balaban J connectivity index is 3.63. The van der Waals surface area contributed by atoms with Crippen molar-refractivity contribution in [3.63, 3.8) is 0 Å². The molecule has 0 fully saturated rings. The lowest BCUT2D eigenvalue weighted by molar-refractivity contribution is -0.129. The zero-order chi connectivity index (χ0) is 29.5. The van der Waals surface area contributed by atoms with Gasteiger partial charge in [0.05, 0.1) is 12.1 Å². The molecular weight excluding hydrogens is 494 g/mol. The largest absolute Gasteiger partial charge is 0.391 e. The SMILES string of the molecule is CCCCC/C=C\C/C=C\CCCCCCCC(=O)C(O)[C@@H](N)[C@H](O)CCCCCCCCCCCCCCC. The molecule has 0 rings (SSSR count). The normalized spacial score (nSPS) is 14.3. The number of unbranched alkanes of at least 4 members (excludes halogenated alkanes) is 20. The van der Waals surface area contributed by atoms with Gasteiger partial charge in [-0.3, -0.25) is 4.79 Å². The maximum Gasteiger partial charge on any atom is 0.162 e. The van der Waals surface area contributed by atoms with Crippen LogP contribution in [0.5, 0.6) is 0 Å². The third-order valence-corrected chi connectivity index (χ3v) is 8.12. The first-order chi connectivity index (χ1) is 19.5. The first-order valence-electron chi connectivity index (χ1n) is 17.5. The average Bonchev–Trinajstić information content (AvgIpc) is 2.96. The average molecular weight is 564 g/mol. The molecule has 236 valence electrons. The van der Waals surface area contributed by atoms with E-state index >= 15 is 0 Å². The zero-order valence-corrected chi connectivity index (χ0v) is 26.8. The number of hydrogen-bond donors (Lipinski definition) is 3. The van der Waals surface area contributed by atoms with Crippen LogP contribution in [0, 0.1) is 0 Å². The lowest BCUT2D eigenvalue weighted by atomic mass is 9.95. The van der Waals surface area contributed by atoms with Gasteiger partial charge in [-0.25, -0.2) is 0 Å². The van der Waals surface area contributed by atoms with E-state index in [0.29, 0.717) is 12.8 Å². The highest BCUT2D eigenvalue weighted by Gasteiger charge is 2.27. The van der Waals surface area contributed by atoms with Crippen molar-refractivity contribution in [3.8, 4) is 0 Å². The minimum absolute atomic E-state index is 0.220. The Labute approximate surface area is 249 Å². The van der Waals surface area contributed by atoms with Gasteiger partial charge in [0.25, 0.3) is 0 Å². The van der Waals surface area contributed by atoms with Crippen molar-refractivity contribution in [1.29, 1.82) is 0 Å². The minimum Gasteiger partial charge on any atom is -0.391 e. The smallest absolute Gasteiger partial charge is 0.162 e. The van der Waals surface area contributed by atoms with Crippen LogP contribution in [0.1, 0.15) is 181 Å². The molecule has 0 aromatic heterocycles. The van der Waals surface area contributed by atoms with Gasteiger partial charge < -0.3 is 15.9 Å². The van der Waals surface area contributed by atoms with Gasteiger partial charge >= 0.3 is 0 Å². The van der Waals surface area contributed by atoms with Gasteiger partial charge in [0.2, 0.25) is 0 Å². The Kier molecular flexibility index (Phi) is 30.2. The van der Waals surface area contributed by atoms with E-state index in [1.165, 1.54) is 109 Å². The molecule has 0 aliphatic carbocycles. The summed E-state index contributed by atoms with van der Waals surface area (Å²) in [5.74, 6) is -0.220. The highest BCUT2D eigenvalue weighted by molar-refractivity contribution is 5.83. The third kappa shape index (κ3) is 26.0. The number of ketones is 1. The summed E-state index contributed by atoms with van der Waals surface area (Å²) < 4.78 is 0. The Morgan fingerprint density at radius 3 is 1.50 bits per heavy atom. The Hall–Kier alpha value is -0.970. The van der Waals surface area contributed by atoms with Gasteiger partial charge in [-0.15, -0.1) is 0 Å². The molecule has 3 atom stereocenters. The fourth-order valence-corrected chi connectivity index (χ4v) is 5.25. The molecule has 4 nitrogen and oxygen atoms in total. The number of aliphatic hydroxyl groups is 2. The second-order valence-corrected chi connectivity index (χ2v) is 12.1. The number of carbonyl (C=O) groups excluding carboxylic acids is 1. The van der Waals surface area contributed by atoms with Gasteiger partial charge in [-0.1, -0.05) is 154 Å². The van der Waals surface area contributed by atoms with Crippen LogP contribution in [-0.2, 0) is 4.79 Å². The molecule has 1 unspecified atom stereocenters. The van der Waals surface area contributed by atoms with Gasteiger partial charge in [0.15, 0.2) is 5.78 Å². The second kappa shape index (κ2) is 31.0.